The Balaban J connectivity index is 1.48. The third kappa shape index (κ3) is 3.26. The summed E-state index contributed by atoms with van der Waals surface area (Å²) in [6.07, 6.45) is 2.33. The largest absolute Gasteiger partial charge is 0.379 e. The molecule has 1 aromatic carbocycles. The van der Waals surface area contributed by atoms with Crippen LogP contribution in [0.5, 0.6) is 0 Å². The molecule has 8 heteroatoms. The highest BCUT2D eigenvalue weighted by Gasteiger charge is 2.38. The summed E-state index contributed by atoms with van der Waals surface area (Å²) < 4.78 is 34.0. The van der Waals surface area contributed by atoms with Crippen LogP contribution in [0.3, 0.4) is 0 Å². The molecule has 0 saturated carbocycles. The number of piperidine rings is 1. The third-order valence-electron chi connectivity index (χ3n) is 5.51. The van der Waals surface area contributed by atoms with E-state index in [0.717, 1.165) is 24.9 Å². The summed E-state index contributed by atoms with van der Waals surface area (Å²) in [6.45, 7) is 3.08. The van der Waals surface area contributed by atoms with Crippen LogP contribution < -0.4 is 4.90 Å². The van der Waals surface area contributed by atoms with Gasteiger partial charge in [0.05, 0.1) is 19.1 Å². The summed E-state index contributed by atoms with van der Waals surface area (Å²) in [5.74, 6) is -0.220. The minimum Gasteiger partial charge on any atom is -0.379 e. The van der Waals surface area contributed by atoms with Crippen molar-refractivity contribution in [2.24, 2.45) is 5.92 Å². The molecule has 3 aliphatic heterocycles. The molecule has 1 atom stereocenters. The van der Waals surface area contributed by atoms with Crippen LogP contribution in [0.1, 0.15) is 18.4 Å². The molecule has 0 spiro atoms. The molecule has 142 valence electrons. The van der Waals surface area contributed by atoms with Gasteiger partial charge in [-0.3, -0.25) is 4.79 Å². The molecule has 0 N–H and O–H groups in total. The van der Waals surface area contributed by atoms with Crippen molar-refractivity contribution in [2.45, 2.75) is 19.3 Å². The second kappa shape index (κ2) is 7.26. The second-order valence-electron chi connectivity index (χ2n) is 7.08. The minimum absolute atomic E-state index is 0.0526. The molecule has 3 aliphatic rings. The van der Waals surface area contributed by atoms with Gasteiger partial charge in [-0.05, 0) is 30.9 Å². The fourth-order valence-corrected chi connectivity index (χ4v) is 5.75. The molecular formula is C18H25N3O4S. The van der Waals surface area contributed by atoms with Gasteiger partial charge in [0.1, 0.15) is 0 Å². The first kappa shape index (κ1) is 17.9. The smallest absolute Gasteiger partial charge is 0.282 e. The maximum absolute atomic E-state index is 13.1. The average molecular weight is 379 g/mol. The number of benzene rings is 1. The number of fused-ring (bicyclic) bond motifs is 1. The Morgan fingerprint density at radius 1 is 1.04 bits per heavy atom. The summed E-state index contributed by atoms with van der Waals surface area (Å²) >= 11 is 0. The molecule has 4 rings (SSSR count). The van der Waals surface area contributed by atoms with E-state index in [-0.39, 0.29) is 18.4 Å². The molecule has 1 amide bonds. The molecule has 0 aliphatic carbocycles. The zero-order chi connectivity index (χ0) is 18.1. The summed E-state index contributed by atoms with van der Waals surface area (Å²) in [4.78, 5) is 14.9. The summed E-state index contributed by atoms with van der Waals surface area (Å²) in [6, 6.07) is 7.97. The Labute approximate surface area is 154 Å². The van der Waals surface area contributed by atoms with Crippen molar-refractivity contribution < 1.29 is 17.9 Å². The lowest BCUT2D eigenvalue weighted by Crippen LogP contribution is -2.53. The van der Waals surface area contributed by atoms with Crippen molar-refractivity contribution in [3.05, 3.63) is 29.8 Å². The van der Waals surface area contributed by atoms with Crippen LogP contribution in [0.15, 0.2) is 24.3 Å². The lowest BCUT2D eigenvalue weighted by molar-refractivity contribution is -0.123. The number of carbonyl (C=O) groups excluding carboxylic acids is 1. The number of ether oxygens (including phenoxy) is 1. The maximum Gasteiger partial charge on any atom is 0.282 e. The quantitative estimate of drug-likeness (QED) is 0.781. The molecule has 1 aromatic rings. The minimum atomic E-state index is -3.52. The van der Waals surface area contributed by atoms with Crippen molar-refractivity contribution in [3.8, 4) is 0 Å². The van der Waals surface area contributed by atoms with Crippen molar-refractivity contribution in [3.63, 3.8) is 0 Å². The average Bonchev–Trinajstić information content (AvgIpc) is 3.12. The number of hydrogen-bond acceptors (Lipinski definition) is 4. The highest BCUT2D eigenvalue weighted by molar-refractivity contribution is 7.86. The number of anilines is 1. The number of para-hydroxylation sites is 1. The number of rotatable bonds is 3. The highest BCUT2D eigenvalue weighted by Crippen LogP contribution is 2.31. The van der Waals surface area contributed by atoms with E-state index in [4.69, 9.17) is 4.74 Å². The molecule has 0 radical (unpaired) electrons. The molecule has 3 heterocycles. The number of amides is 1. The monoisotopic (exact) mass is 379 g/mol. The molecule has 2 saturated heterocycles. The van der Waals surface area contributed by atoms with Gasteiger partial charge in [0, 0.05) is 38.4 Å². The van der Waals surface area contributed by atoms with Crippen LogP contribution in [0, 0.1) is 5.92 Å². The van der Waals surface area contributed by atoms with E-state index in [0.29, 0.717) is 39.4 Å². The van der Waals surface area contributed by atoms with Crippen LogP contribution in [0.25, 0.3) is 0 Å². The maximum atomic E-state index is 13.1. The van der Waals surface area contributed by atoms with Gasteiger partial charge < -0.3 is 9.64 Å². The van der Waals surface area contributed by atoms with E-state index < -0.39 is 10.2 Å². The van der Waals surface area contributed by atoms with E-state index in [1.165, 1.54) is 14.2 Å². The van der Waals surface area contributed by atoms with E-state index in [1.807, 2.05) is 23.1 Å². The summed E-state index contributed by atoms with van der Waals surface area (Å²) in [5, 5.41) is 0. The molecular weight excluding hydrogens is 354 g/mol. The van der Waals surface area contributed by atoms with Crippen LogP contribution in [-0.2, 0) is 26.2 Å². The first-order valence-corrected chi connectivity index (χ1v) is 10.7. The molecule has 0 aromatic heterocycles. The van der Waals surface area contributed by atoms with Gasteiger partial charge in [-0.15, -0.1) is 0 Å². The molecule has 26 heavy (non-hydrogen) atoms. The SMILES string of the molecule is O=C(C1CCCN(S(=O)(=O)N2CCOCC2)C1)N1CCc2ccccc21. The van der Waals surface area contributed by atoms with E-state index in [2.05, 4.69) is 6.07 Å². The molecule has 7 nitrogen and oxygen atoms in total. The molecule has 2 fully saturated rings. The summed E-state index contributed by atoms with van der Waals surface area (Å²) in [5.41, 5.74) is 2.17. The number of morpholine rings is 1. The van der Waals surface area contributed by atoms with Gasteiger partial charge in [-0.25, -0.2) is 0 Å². The van der Waals surface area contributed by atoms with E-state index in [1.54, 1.807) is 0 Å². The molecule has 0 bridgehead atoms. The Morgan fingerprint density at radius 2 is 1.81 bits per heavy atom. The van der Waals surface area contributed by atoms with Gasteiger partial charge in [-0.1, -0.05) is 18.2 Å². The zero-order valence-corrected chi connectivity index (χ0v) is 15.7. The first-order valence-electron chi connectivity index (χ1n) is 9.29. The summed E-state index contributed by atoms with van der Waals surface area (Å²) in [7, 11) is -3.52. The van der Waals surface area contributed by atoms with Gasteiger partial charge in [0.2, 0.25) is 5.91 Å². The Kier molecular flexibility index (Phi) is 5.00. The Hall–Kier alpha value is -1.48. The van der Waals surface area contributed by atoms with Crippen LogP contribution >= 0.6 is 0 Å². The van der Waals surface area contributed by atoms with Crippen LogP contribution in [0.2, 0.25) is 0 Å². The van der Waals surface area contributed by atoms with E-state index >= 15 is 0 Å². The molecule has 1 unspecified atom stereocenters. The lowest BCUT2D eigenvalue weighted by Gasteiger charge is -2.37. The van der Waals surface area contributed by atoms with E-state index in [9.17, 15) is 13.2 Å². The predicted octanol–water partition coefficient (Wildman–Crippen LogP) is 0.865. The third-order valence-corrected chi connectivity index (χ3v) is 7.51. The van der Waals surface area contributed by atoms with Crippen LogP contribution in [-0.4, -0.2) is 68.9 Å². The fourth-order valence-electron chi connectivity index (χ4n) is 4.08. The Bertz CT molecular complexity index is 776. The lowest BCUT2D eigenvalue weighted by atomic mass is 9.98. The topological polar surface area (TPSA) is 70.2 Å². The van der Waals surface area contributed by atoms with Crippen molar-refractivity contribution in [1.82, 2.24) is 8.61 Å². The number of hydrogen-bond donors (Lipinski definition) is 0. The Morgan fingerprint density at radius 3 is 2.62 bits per heavy atom. The predicted molar refractivity (Wildman–Crippen MR) is 98.1 cm³/mol. The van der Waals surface area contributed by atoms with Gasteiger partial charge >= 0.3 is 0 Å². The second-order valence-corrected chi connectivity index (χ2v) is 9.01. The number of nitrogens with zero attached hydrogens (tertiary/aromatic N) is 3. The van der Waals surface area contributed by atoms with Crippen molar-refractivity contribution in [1.29, 1.82) is 0 Å². The van der Waals surface area contributed by atoms with Crippen molar-refractivity contribution in [2.75, 3.05) is 50.8 Å². The van der Waals surface area contributed by atoms with Gasteiger partial charge in [-0.2, -0.15) is 17.0 Å². The fraction of sp³-hybridized carbons (Fsp3) is 0.611. The normalized spacial score (nSPS) is 25.2. The standard InChI is InChI=1S/C18H25N3O4S/c22-18(21-9-7-15-4-1-2-6-17(15)21)16-5-3-8-20(14-16)26(23,24)19-10-12-25-13-11-19/h1-2,4,6,16H,3,5,7-14H2. The van der Waals surface area contributed by atoms with Crippen molar-refractivity contribution >= 4 is 21.8 Å². The van der Waals surface area contributed by atoms with Crippen LogP contribution in [0.4, 0.5) is 5.69 Å². The highest BCUT2D eigenvalue weighted by atomic mass is 32.2. The van der Waals surface area contributed by atoms with Gasteiger partial charge in [0.15, 0.2) is 0 Å². The number of carbonyl (C=O) groups is 1. The first-order chi connectivity index (χ1) is 12.6. The van der Waals surface area contributed by atoms with Gasteiger partial charge in [0.25, 0.3) is 10.2 Å². The zero-order valence-electron chi connectivity index (χ0n) is 14.8.